The first kappa shape index (κ1) is 18.5. The maximum Gasteiger partial charge on any atom is 0.339 e. The van der Waals surface area contributed by atoms with Crippen LogP contribution < -0.4 is 0 Å². The van der Waals surface area contributed by atoms with Gasteiger partial charge >= 0.3 is 11.9 Å². The number of hydrogen-bond donors (Lipinski definition) is 0. The van der Waals surface area contributed by atoms with Crippen molar-refractivity contribution in [2.75, 3.05) is 14.2 Å². The predicted octanol–water partition coefficient (Wildman–Crippen LogP) is 3.95. The lowest BCUT2D eigenvalue weighted by atomic mass is 10.0. The highest BCUT2D eigenvalue weighted by Crippen LogP contribution is 2.32. The Balaban J connectivity index is 2.30. The number of rotatable bonds is 5. The largest absolute Gasteiger partial charge is 0.469 e. The van der Waals surface area contributed by atoms with Gasteiger partial charge in [0.05, 0.1) is 31.9 Å². The average molecular weight is 363 g/mol. The molecule has 0 saturated heterocycles. The summed E-state index contributed by atoms with van der Waals surface area (Å²) in [5, 5.41) is 0. The molecule has 0 unspecified atom stereocenters. The summed E-state index contributed by atoms with van der Waals surface area (Å²) in [5.74, 6) is -0.906. The summed E-state index contributed by atoms with van der Waals surface area (Å²) in [7, 11) is 2.66. The Kier molecular flexibility index (Phi) is 5.41. The van der Waals surface area contributed by atoms with E-state index < -0.39 is 11.9 Å². The Morgan fingerprint density at radius 3 is 2.19 bits per heavy atom. The van der Waals surface area contributed by atoms with Gasteiger partial charge in [-0.1, -0.05) is 48.0 Å². The van der Waals surface area contributed by atoms with Crippen LogP contribution >= 0.6 is 0 Å². The minimum Gasteiger partial charge on any atom is -0.469 e. The molecule has 5 heteroatoms. The van der Waals surface area contributed by atoms with Gasteiger partial charge in [0.25, 0.3) is 0 Å². The molecule has 2 aromatic carbocycles. The third-order valence-electron chi connectivity index (χ3n) is 4.42. The highest BCUT2D eigenvalue weighted by molar-refractivity contribution is 5.96. The summed E-state index contributed by atoms with van der Waals surface area (Å²) in [6, 6.07) is 17.6. The molecule has 3 rings (SSSR count). The molecule has 3 aromatic rings. The van der Waals surface area contributed by atoms with E-state index >= 15 is 0 Å². The van der Waals surface area contributed by atoms with E-state index in [-0.39, 0.29) is 6.42 Å². The second kappa shape index (κ2) is 7.91. The lowest BCUT2D eigenvalue weighted by Gasteiger charge is -2.12. The van der Waals surface area contributed by atoms with Crippen molar-refractivity contribution >= 4 is 11.9 Å². The van der Waals surface area contributed by atoms with E-state index in [1.807, 2.05) is 66.1 Å². The fraction of sp³-hybridized carbons (Fsp3) is 0.182. The number of aryl methyl sites for hydroxylation is 1. The normalized spacial score (nSPS) is 10.5. The van der Waals surface area contributed by atoms with Crippen LogP contribution in [0.25, 0.3) is 16.9 Å². The van der Waals surface area contributed by atoms with Gasteiger partial charge in [0.15, 0.2) is 0 Å². The molecule has 0 amide bonds. The van der Waals surface area contributed by atoms with Gasteiger partial charge < -0.3 is 14.0 Å². The van der Waals surface area contributed by atoms with Crippen molar-refractivity contribution in [3.8, 4) is 16.9 Å². The first-order valence-corrected chi connectivity index (χ1v) is 8.57. The summed E-state index contributed by atoms with van der Waals surface area (Å²) in [6.07, 6.45) is 1.69. The molecule has 0 radical (unpaired) electrons. The molecule has 0 aliphatic heterocycles. The van der Waals surface area contributed by atoms with Gasteiger partial charge in [0, 0.05) is 17.4 Å². The van der Waals surface area contributed by atoms with Crippen LogP contribution in [0.5, 0.6) is 0 Å². The fourth-order valence-electron chi connectivity index (χ4n) is 3.04. The number of carbonyl (C=O) groups is 2. The van der Waals surface area contributed by atoms with E-state index in [0.717, 1.165) is 22.5 Å². The molecule has 27 heavy (non-hydrogen) atoms. The summed E-state index contributed by atoms with van der Waals surface area (Å²) in [6.45, 7) is 2.01. The zero-order valence-corrected chi connectivity index (χ0v) is 15.6. The molecule has 0 saturated carbocycles. The third kappa shape index (κ3) is 3.77. The van der Waals surface area contributed by atoms with Crippen LogP contribution in [-0.2, 0) is 20.7 Å². The number of ether oxygens (including phenoxy) is 2. The Morgan fingerprint density at radius 1 is 0.926 bits per heavy atom. The molecule has 0 N–H and O–H groups in total. The Hall–Kier alpha value is -3.34. The van der Waals surface area contributed by atoms with E-state index in [2.05, 4.69) is 0 Å². The van der Waals surface area contributed by atoms with Gasteiger partial charge in [-0.3, -0.25) is 4.79 Å². The molecule has 1 heterocycles. The van der Waals surface area contributed by atoms with Crippen molar-refractivity contribution in [3.05, 3.63) is 77.5 Å². The van der Waals surface area contributed by atoms with Crippen molar-refractivity contribution < 1.29 is 19.1 Å². The molecular formula is C22H21NO4. The van der Waals surface area contributed by atoms with Crippen molar-refractivity contribution in [1.82, 2.24) is 4.57 Å². The summed E-state index contributed by atoms with van der Waals surface area (Å²) < 4.78 is 11.7. The summed E-state index contributed by atoms with van der Waals surface area (Å²) in [5.41, 5.74) is 4.61. The number of aromatic nitrogens is 1. The number of para-hydroxylation sites is 1. The van der Waals surface area contributed by atoms with Gasteiger partial charge in [-0.05, 0) is 24.6 Å². The lowest BCUT2D eigenvalue weighted by molar-refractivity contribution is -0.139. The number of methoxy groups -OCH3 is 2. The first-order valence-electron chi connectivity index (χ1n) is 8.57. The van der Waals surface area contributed by atoms with Crippen molar-refractivity contribution in [2.24, 2.45) is 0 Å². The summed E-state index contributed by atoms with van der Waals surface area (Å²) in [4.78, 5) is 24.4. The van der Waals surface area contributed by atoms with Crippen LogP contribution in [0.2, 0.25) is 0 Å². The van der Waals surface area contributed by atoms with Crippen LogP contribution in [-0.4, -0.2) is 30.7 Å². The number of carbonyl (C=O) groups excluding carboxylic acids is 2. The molecular weight excluding hydrogens is 342 g/mol. The van der Waals surface area contributed by atoms with Crippen LogP contribution in [0.4, 0.5) is 0 Å². The molecule has 0 fully saturated rings. The van der Waals surface area contributed by atoms with Crippen LogP contribution in [0.1, 0.15) is 21.5 Å². The first-order chi connectivity index (χ1) is 13.0. The third-order valence-corrected chi connectivity index (χ3v) is 4.42. The van der Waals surface area contributed by atoms with E-state index in [0.29, 0.717) is 11.1 Å². The number of hydrogen-bond acceptors (Lipinski definition) is 4. The highest BCUT2D eigenvalue weighted by atomic mass is 16.5. The Labute approximate surface area is 158 Å². The molecule has 138 valence electrons. The van der Waals surface area contributed by atoms with Gasteiger partial charge in [0.2, 0.25) is 0 Å². The maximum atomic E-state index is 12.4. The zero-order valence-electron chi connectivity index (χ0n) is 15.6. The highest BCUT2D eigenvalue weighted by Gasteiger charge is 2.25. The Morgan fingerprint density at radius 2 is 1.59 bits per heavy atom. The predicted molar refractivity (Wildman–Crippen MR) is 103 cm³/mol. The quantitative estimate of drug-likeness (QED) is 0.644. The molecule has 0 bridgehead atoms. The van der Waals surface area contributed by atoms with E-state index in [9.17, 15) is 9.59 Å². The second-order valence-electron chi connectivity index (χ2n) is 6.19. The maximum absolute atomic E-state index is 12.4. The van der Waals surface area contributed by atoms with E-state index in [4.69, 9.17) is 9.47 Å². The minimum absolute atomic E-state index is 0.0238. The number of benzene rings is 2. The molecule has 1 aromatic heterocycles. The fourth-order valence-corrected chi connectivity index (χ4v) is 3.04. The van der Waals surface area contributed by atoms with Gasteiger partial charge in [-0.2, -0.15) is 0 Å². The van der Waals surface area contributed by atoms with Crippen molar-refractivity contribution in [1.29, 1.82) is 0 Å². The molecule has 0 aliphatic rings. The molecule has 0 atom stereocenters. The van der Waals surface area contributed by atoms with Crippen LogP contribution in [0.15, 0.2) is 60.8 Å². The molecule has 5 nitrogen and oxygen atoms in total. The molecule has 0 spiro atoms. The smallest absolute Gasteiger partial charge is 0.339 e. The lowest BCUT2D eigenvalue weighted by Crippen LogP contribution is -2.10. The van der Waals surface area contributed by atoms with Crippen LogP contribution in [0, 0.1) is 6.92 Å². The van der Waals surface area contributed by atoms with Gasteiger partial charge in [-0.25, -0.2) is 4.79 Å². The zero-order chi connectivity index (χ0) is 19.4. The Bertz CT molecular complexity index is 956. The van der Waals surface area contributed by atoms with E-state index in [1.165, 1.54) is 14.2 Å². The topological polar surface area (TPSA) is 57.5 Å². The average Bonchev–Trinajstić information content (AvgIpc) is 3.07. The van der Waals surface area contributed by atoms with E-state index in [1.54, 1.807) is 6.20 Å². The summed E-state index contributed by atoms with van der Waals surface area (Å²) >= 11 is 0. The SMILES string of the molecule is COC(=O)Cc1c(C(=O)OC)cn(-c2ccccc2)c1-c1ccc(C)cc1. The van der Waals surface area contributed by atoms with Crippen molar-refractivity contribution in [3.63, 3.8) is 0 Å². The van der Waals surface area contributed by atoms with Gasteiger partial charge in [-0.15, -0.1) is 0 Å². The number of esters is 2. The monoisotopic (exact) mass is 363 g/mol. The molecule has 0 aliphatic carbocycles. The standard InChI is InChI=1S/C22H21NO4/c1-15-9-11-16(12-10-15)21-18(13-20(24)26-2)19(22(25)27-3)14-23(21)17-7-5-4-6-8-17/h4-12,14H,13H2,1-3H3. The number of nitrogens with zero attached hydrogens (tertiary/aromatic N) is 1. The van der Waals surface area contributed by atoms with Crippen molar-refractivity contribution in [2.45, 2.75) is 13.3 Å². The second-order valence-corrected chi connectivity index (χ2v) is 6.19. The van der Waals surface area contributed by atoms with Gasteiger partial charge in [0.1, 0.15) is 0 Å². The van der Waals surface area contributed by atoms with Crippen LogP contribution in [0.3, 0.4) is 0 Å². The minimum atomic E-state index is -0.489.